The molecule has 0 radical (unpaired) electrons. The fourth-order valence-corrected chi connectivity index (χ4v) is 0. The molecule has 0 unspecified atom stereocenters. The van der Waals surface area contributed by atoms with Gasteiger partial charge < -0.3 is 29.7 Å². The van der Waals surface area contributed by atoms with Crippen molar-refractivity contribution in [2.75, 3.05) is 0 Å². The molecule has 82 valence electrons. The molecule has 0 atom stereocenters. The molecule has 0 saturated heterocycles. The number of carbonyl (C=O) groups excluding carboxylic acids is 3. The summed E-state index contributed by atoms with van der Waals surface area (Å²) in [4.78, 5) is 27.3. The fourth-order valence-electron chi connectivity index (χ4n) is 0. The number of rotatable bonds is 2. The van der Waals surface area contributed by atoms with E-state index in [0.717, 1.165) is 13.0 Å². The van der Waals surface area contributed by atoms with Crippen molar-refractivity contribution < 1.29 is 29.7 Å². The maximum Gasteiger partial charge on any atom is 0.0636 e. The Kier molecular flexibility index (Phi) is 17.7. The van der Waals surface area contributed by atoms with Gasteiger partial charge in [-0.05, 0) is 19.4 Å². The van der Waals surface area contributed by atoms with E-state index in [9.17, 15) is 9.90 Å². The zero-order valence-corrected chi connectivity index (χ0v) is 7.94. The average Bonchev–Trinajstić information content (AvgIpc) is 2.04. The molecule has 0 spiro atoms. The van der Waals surface area contributed by atoms with Crippen molar-refractivity contribution in [1.29, 1.82) is 0 Å². The minimum atomic E-state index is -1.23. The van der Waals surface area contributed by atoms with E-state index in [1.165, 1.54) is 6.92 Å². The highest BCUT2D eigenvalue weighted by Gasteiger charge is 1.65. The summed E-state index contributed by atoms with van der Waals surface area (Å²) in [6.45, 7) is 5.41. The number of hydrogen-bond donors (Lipinski definition) is 0. The third-order valence-electron chi connectivity index (χ3n) is 0.455. The van der Waals surface area contributed by atoms with Crippen LogP contribution in [-0.4, -0.2) is 17.9 Å². The van der Waals surface area contributed by atoms with Crippen LogP contribution >= 0.6 is 0 Å². The zero-order valence-electron chi connectivity index (χ0n) is 7.94. The number of hydrogen-bond acceptors (Lipinski definition) is 6. The molecule has 0 N–H and O–H groups in total. The number of carboxylic acids is 3. The summed E-state index contributed by atoms with van der Waals surface area (Å²) in [5.74, 6) is -3.31. The summed E-state index contributed by atoms with van der Waals surface area (Å²) in [7, 11) is 0. The standard InChI is InChI=1S/C3H6O2.C3H4O2.C2H4O2/c2*1-2-3(4)5;1-2(3)4/h2H2,1H3,(H,4,5);2H,1H2,(H,4,5);1H3,(H,3,4)/p-3. The maximum atomic E-state index is 9.26. The Labute approximate surface area is 81.5 Å². The molecule has 0 fully saturated rings. The molecule has 0 heterocycles. The summed E-state index contributed by atoms with van der Waals surface area (Å²) < 4.78 is 0. The molecule has 0 aromatic rings. The molecule has 0 bridgehead atoms. The lowest BCUT2D eigenvalue weighted by Gasteiger charge is -1.87. The van der Waals surface area contributed by atoms with Gasteiger partial charge in [-0.2, -0.15) is 0 Å². The van der Waals surface area contributed by atoms with Crippen molar-refractivity contribution in [1.82, 2.24) is 0 Å². The van der Waals surface area contributed by atoms with Crippen molar-refractivity contribution in [3.63, 3.8) is 0 Å². The van der Waals surface area contributed by atoms with E-state index in [2.05, 4.69) is 6.58 Å². The molecular weight excluding hydrogens is 192 g/mol. The highest BCUT2D eigenvalue weighted by Crippen LogP contribution is 1.61. The normalized spacial score (nSPS) is 6.71. The predicted octanol–water partition coefficient (Wildman–Crippen LogP) is -3.18. The van der Waals surface area contributed by atoms with Crippen molar-refractivity contribution in [3.05, 3.63) is 12.7 Å². The van der Waals surface area contributed by atoms with Crippen LogP contribution in [0.4, 0.5) is 0 Å². The van der Waals surface area contributed by atoms with Gasteiger partial charge in [0.15, 0.2) is 0 Å². The first-order chi connectivity index (χ1) is 6.27. The third kappa shape index (κ3) is 184. The summed E-state index contributed by atoms with van der Waals surface area (Å²) in [5, 5.41) is 27.3. The van der Waals surface area contributed by atoms with Gasteiger partial charge in [-0.25, -0.2) is 0 Å². The van der Waals surface area contributed by atoms with Gasteiger partial charge in [0, 0.05) is 11.9 Å². The van der Waals surface area contributed by atoms with E-state index in [1.807, 2.05) is 0 Å². The largest absolute Gasteiger partial charge is 0.550 e. The Bertz CT molecular complexity index is 192. The lowest BCUT2D eigenvalue weighted by atomic mass is 10.5. The van der Waals surface area contributed by atoms with E-state index in [-0.39, 0.29) is 6.42 Å². The van der Waals surface area contributed by atoms with Gasteiger partial charge in [0.1, 0.15) is 0 Å². The van der Waals surface area contributed by atoms with Gasteiger partial charge >= 0.3 is 0 Å². The minimum absolute atomic E-state index is 0.111. The van der Waals surface area contributed by atoms with Crippen molar-refractivity contribution in [2.24, 2.45) is 0 Å². The average molecular weight is 203 g/mol. The van der Waals surface area contributed by atoms with Crippen LogP contribution in [-0.2, 0) is 14.4 Å². The van der Waals surface area contributed by atoms with Crippen LogP contribution in [0, 0.1) is 0 Å². The molecule has 6 heteroatoms. The van der Waals surface area contributed by atoms with Crippen LogP contribution in [0.2, 0.25) is 0 Å². The van der Waals surface area contributed by atoms with Crippen LogP contribution in [0.5, 0.6) is 0 Å². The smallest absolute Gasteiger partial charge is 0.0636 e. The van der Waals surface area contributed by atoms with Gasteiger partial charge in [0.2, 0.25) is 0 Å². The quantitative estimate of drug-likeness (QED) is 0.436. The Hall–Kier alpha value is -1.85. The fraction of sp³-hybridized carbons (Fsp3) is 0.375. The number of carbonyl (C=O) groups is 3. The molecule has 6 nitrogen and oxygen atoms in total. The van der Waals surface area contributed by atoms with Crippen LogP contribution in [0.1, 0.15) is 20.3 Å². The molecule has 0 aromatic heterocycles. The van der Waals surface area contributed by atoms with Crippen LogP contribution in [0.25, 0.3) is 0 Å². The molecule has 0 amide bonds. The molecule has 0 rings (SSSR count). The van der Waals surface area contributed by atoms with E-state index >= 15 is 0 Å². The van der Waals surface area contributed by atoms with Crippen LogP contribution in [0.15, 0.2) is 12.7 Å². The first-order valence-electron chi connectivity index (χ1n) is 3.48. The molecule has 0 aliphatic carbocycles. The molecule has 0 aliphatic heterocycles. The maximum absolute atomic E-state index is 9.26. The van der Waals surface area contributed by atoms with Gasteiger partial charge in [0.25, 0.3) is 0 Å². The van der Waals surface area contributed by atoms with Gasteiger partial charge in [-0.3, -0.25) is 0 Å². The Balaban J connectivity index is -0.000000131. The topological polar surface area (TPSA) is 120 Å². The zero-order chi connectivity index (χ0) is 12.1. The Morgan fingerprint density at radius 1 is 1.21 bits per heavy atom. The minimum Gasteiger partial charge on any atom is -0.550 e. The second kappa shape index (κ2) is 13.7. The highest BCUT2D eigenvalue weighted by molar-refractivity contribution is 5.76. The third-order valence-corrected chi connectivity index (χ3v) is 0.455. The van der Waals surface area contributed by atoms with Gasteiger partial charge in [-0.15, -0.1) is 0 Å². The Morgan fingerprint density at radius 3 is 1.36 bits per heavy atom. The Morgan fingerprint density at radius 2 is 1.36 bits per heavy atom. The van der Waals surface area contributed by atoms with E-state index in [4.69, 9.17) is 19.8 Å². The predicted molar refractivity (Wildman–Crippen MR) is 41.2 cm³/mol. The second-order valence-corrected chi connectivity index (χ2v) is 1.74. The van der Waals surface area contributed by atoms with E-state index in [0.29, 0.717) is 0 Å². The highest BCUT2D eigenvalue weighted by atomic mass is 16.4. The van der Waals surface area contributed by atoms with Crippen molar-refractivity contribution in [3.8, 4) is 0 Å². The number of aliphatic carboxylic acids is 3. The van der Waals surface area contributed by atoms with Crippen LogP contribution < -0.4 is 15.3 Å². The first kappa shape index (κ1) is 18.0. The summed E-state index contributed by atoms with van der Waals surface area (Å²) in [6, 6.07) is 0. The SMILES string of the molecule is C=CC(=O)[O-].CC(=O)[O-].CCC(=O)[O-]. The molecule has 0 aliphatic rings. The molecule has 0 saturated carbocycles. The van der Waals surface area contributed by atoms with E-state index in [1.54, 1.807) is 0 Å². The van der Waals surface area contributed by atoms with Gasteiger partial charge in [0.05, 0.1) is 5.97 Å². The van der Waals surface area contributed by atoms with E-state index < -0.39 is 17.9 Å². The molecule has 0 aromatic carbocycles. The second-order valence-electron chi connectivity index (χ2n) is 1.74. The molecule has 14 heavy (non-hydrogen) atoms. The first-order valence-corrected chi connectivity index (χ1v) is 3.48. The summed E-state index contributed by atoms with van der Waals surface area (Å²) >= 11 is 0. The van der Waals surface area contributed by atoms with Crippen molar-refractivity contribution >= 4 is 17.9 Å². The van der Waals surface area contributed by atoms with Crippen LogP contribution in [0.3, 0.4) is 0 Å². The monoisotopic (exact) mass is 203 g/mol. The summed E-state index contributed by atoms with van der Waals surface area (Å²) in [6.07, 6.45) is 0.833. The lowest BCUT2D eigenvalue weighted by Crippen LogP contribution is -2.19. The summed E-state index contributed by atoms with van der Waals surface area (Å²) in [5.41, 5.74) is 0. The van der Waals surface area contributed by atoms with Gasteiger partial charge in [-0.1, -0.05) is 13.5 Å². The number of carboxylic acid groups (broad SMARTS) is 3. The lowest BCUT2D eigenvalue weighted by molar-refractivity contribution is -0.305. The van der Waals surface area contributed by atoms with Crippen molar-refractivity contribution in [2.45, 2.75) is 20.3 Å². The molecular formula is C8H11O6-3.